The molecule has 3 rings (SSSR count). The Bertz CT molecular complexity index is 553. The Morgan fingerprint density at radius 1 is 1.16 bits per heavy atom. The molecule has 0 spiro atoms. The monoisotopic (exact) mass is 365 g/mol. The first-order chi connectivity index (χ1) is 12.2. The normalized spacial score (nSPS) is 20.3. The summed E-state index contributed by atoms with van der Waals surface area (Å²) in [6.45, 7) is 5.07. The first-order valence-corrected chi connectivity index (χ1v) is 9.82. The van der Waals surface area contributed by atoms with Crippen molar-refractivity contribution in [3.8, 4) is 5.75 Å². The summed E-state index contributed by atoms with van der Waals surface area (Å²) in [5.74, 6) is 1.53. The molecule has 0 aromatic carbocycles. The molecule has 0 unspecified atom stereocenters. The van der Waals surface area contributed by atoms with E-state index in [0.717, 1.165) is 51.9 Å². The van der Waals surface area contributed by atoms with Crippen LogP contribution in [-0.2, 0) is 4.79 Å². The molecule has 2 fully saturated rings. The van der Waals surface area contributed by atoms with E-state index in [1.165, 1.54) is 12.8 Å². The van der Waals surface area contributed by atoms with E-state index in [4.69, 9.17) is 16.3 Å². The van der Waals surface area contributed by atoms with Gasteiger partial charge in [-0.1, -0.05) is 24.4 Å². The molecule has 0 aliphatic carbocycles. The van der Waals surface area contributed by atoms with Crippen LogP contribution in [0.5, 0.6) is 5.75 Å². The van der Waals surface area contributed by atoms with Gasteiger partial charge in [0.15, 0.2) is 0 Å². The van der Waals surface area contributed by atoms with Crippen molar-refractivity contribution in [2.75, 3.05) is 39.3 Å². The lowest BCUT2D eigenvalue weighted by molar-refractivity contribution is -0.132. The molecule has 0 atom stereocenters. The first-order valence-electron chi connectivity index (χ1n) is 9.45. The minimum absolute atomic E-state index is 0.306. The summed E-state index contributed by atoms with van der Waals surface area (Å²) in [5, 5.41) is 0.558. The fraction of sp³-hybridized carbons (Fsp3) is 0.684. The van der Waals surface area contributed by atoms with Crippen LogP contribution < -0.4 is 4.74 Å². The molecule has 25 heavy (non-hydrogen) atoms. The van der Waals surface area contributed by atoms with Crippen LogP contribution in [0.2, 0.25) is 5.02 Å². The number of hydrogen-bond donors (Lipinski definition) is 0. The fourth-order valence-electron chi connectivity index (χ4n) is 3.61. The fourth-order valence-corrected chi connectivity index (χ4v) is 3.78. The van der Waals surface area contributed by atoms with E-state index in [2.05, 4.69) is 14.8 Å². The minimum Gasteiger partial charge on any atom is -0.492 e. The molecule has 0 N–H and O–H groups in total. The van der Waals surface area contributed by atoms with Gasteiger partial charge in [0.2, 0.25) is 5.91 Å². The Morgan fingerprint density at radius 3 is 2.56 bits per heavy atom. The van der Waals surface area contributed by atoms with Gasteiger partial charge in [-0.2, -0.15) is 0 Å². The maximum absolute atomic E-state index is 12.5. The number of amides is 1. The van der Waals surface area contributed by atoms with Crippen LogP contribution in [0.3, 0.4) is 0 Å². The lowest BCUT2D eigenvalue weighted by Gasteiger charge is -2.33. The molecule has 5 nitrogen and oxygen atoms in total. The lowest BCUT2D eigenvalue weighted by atomic mass is 9.98. The number of nitrogens with zero attached hydrogens (tertiary/aromatic N) is 3. The standard InChI is InChI=1S/C19H28ClN3O2/c20-17-13-21-8-5-18(17)25-15-16-6-11-22(12-7-16)14-19(24)23-9-3-1-2-4-10-23/h5,8,13,16H,1-4,6-7,9-12,14-15H2. The van der Waals surface area contributed by atoms with Gasteiger partial charge in [-0.15, -0.1) is 0 Å². The average Bonchev–Trinajstić information content (AvgIpc) is 2.92. The molecule has 2 saturated heterocycles. The van der Waals surface area contributed by atoms with Gasteiger partial charge in [-0.3, -0.25) is 14.7 Å². The summed E-state index contributed by atoms with van der Waals surface area (Å²) in [5.41, 5.74) is 0. The molecule has 0 saturated carbocycles. The van der Waals surface area contributed by atoms with Gasteiger partial charge in [0, 0.05) is 31.5 Å². The highest BCUT2D eigenvalue weighted by Gasteiger charge is 2.24. The third kappa shape index (κ3) is 5.58. The molecular weight excluding hydrogens is 338 g/mol. The lowest BCUT2D eigenvalue weighted by Crippen LogP contribution is -2.44. The molecule has 1 aromatic rings. The number of pyridine rings is 1. The summed E-state index contributed by atoms with van der Waals surface area (Å²) in [6.07, 6.45) is 10.3. The van der Waals surface area contributed by atoms with Gasteiger partial charge in [-0.05, 0) is 44.7 Å². The second kappa shape index (κ2) is 9.39. The Hall–Kier alpha value is -1.33. The number of rotatable bonds is 5. The third-order valence-electron chi connectivity index (χ3n) is 5.23. The van der Waals surface area contributed by atoms with Crippen LogP contribution in [0.15, 0.2) is 18.5 Å². The van der Waals surface area contributed by atoms with E-state index < -0.39 is 0 Å². The molecular formula is C19H28ClN3O2. The SMILES string of the molecule is O=C(CN1CCC(COc2ccncc2Cl)CC1)N1CCCCCC1. The molecule has 3 heterocycles. The van der Waals surface area contributed by atoms with E-state index in [1.807, 2.05) is 0 Å². The van der Waals surface area contributed by atoms with Gasteiger partial charge >= 0.3 is 0 Å². The topological polar surface area (TPSA) is 45.7 Å². The zero-order chi connectivity index (χ0) is 17.5. The Kier molecular flexibility index (Phi) is 6.93. The predicted octanol–water partition coefficient (Wildman–Crippen LogP) is 3.23. The van der Waals surface area contributed by atoms with Crippen LogP contribution in [0, 0.1) is 5.92 Å². The Labute approximate surface area is 155 Å². The van der Waals surface area contributed by atoms with E-state index in [9.17, 15) is 4.79 Å². The highest BCUT2D eigenvalue weighted by molar-refractivity contribution is 6.31. The van der Waals surface area contributed by atoms with Gasteiger partial charge in [0.25, 0.3) is 0 Å². The summed E-state index contributed by atoms with van der Waals surface area (Å²) >= 11 is 6.07. The number of aromatic nitrogens is 1. The van der Waals surface area contributed by atoms with Crippen molar-refractivity contribution in [1.29, 1.82) is 0 Å². The number of piperidine rings is 1. The molecule has 2 aliphatic rings. The third-order valence-corrected chi connectivity index (χ3v) is 5.52. The smallest absolute Gasteiger partial charge is 0.236 e. The molecule has 1 aromatic heterocycles. The molecule has 0 bridgehead atoms. The maximum atomic E-state index is 12.5. The van der Waals surface area contributed by atoms with Crippen LogP contribution in [-0.4, -0.2) is 60.0 Å². The van der Waals surface area contributed by atoms with Crippen molar-refractivity contribution in [3.63, 3.8) is 0 Å². The Morgan fingerprint density at radius 2 is 1.88 bits per heavy atom. The second-order valence-corrected chi connectivity index (χ2v) is 7.54. The second-order valence-electron chi connectivity index (χ2n) is 7.13. The van der Waals surface area contributed by atoms with Crippen molar-refractivity contribution < 1.29 is 9.53 Å². The molecule has 1 amide bonds. The zero-order valence-electron chi connectivity index (χ0n) is 14.8. The summed E-state index contributed by atoms with van der Waals surface area (Å²) in [4.78, 5) is 20.8. The predicted molar refractivity (Wildman–Crippen MR) is 99.0 cm³/mol. The van der Waals surface area contributed by atoms with Crippen molar-refractivity contribution in [2.24, 2.45) is 5.92 Å². The Balaban J connectivity index is 1.38. The number of carbonyl (C=O) groups is 1. The molecule has 138 valence electrons. The van der Waals surface area contributed by atoms with Crippen LogP contribution in [0.4, 0.5) is 0 Å². The van der Waals surface area contributed by atoms with Crippen molar-refractivity contribution in [2.45, 2.75) is 38.5 Å². The van der Waals surface area contributed by atoms with Crippen LogP contribution in [0.25, 0.3) is 0 Å². The quantitative estimate of drug-likeness (QED) is 0.803. The number of ether oxygens (including phenoxy) is 1. The largest absolute Gasteiger partial charge is 0.492 e. The van der Waals surface area contributed by atoms with Gasteiger partial charge in [0.1, 0.15) is 10.8 Å². The number of hydrogen-bond acceptors (Lipinski definition) is 4. The minimum atomic E-state index is 0.306. The van der Waals surface area contributed by atoms with Crippen molar-refractivity contribution in [3.05, 3.63) is 23.5 Å². The van der Waals surface area contributed by atoms with E-state index in [0.29, 0.717) is 35.7 Å². The number of carbonyl (C=O) groups excluding carboxylic acids is 1. The van der Waals surface area contributed by atoms with Crippen LogP contribution in [0.1, 0.15) is 38.5 Å². The number of halogens is 1. The maximum Gasteiger partial charge on any atom is 0.236 e. The molecule has 2 aliphatic heterocycles. The van der Waals surface area contributed by atoms with Gasteiger partial charge in [0.05, 0.1) is 13.2 Å². The molecule has 6 heteroatoms. The average molecular weight is 366 g/mol. The summed E-state index contributed by atoms with van der Waals surface area (Å²) in [6, 6.07) is 1.80. The van der Waals surface area contributed by atoms with Crippen molar-refractivity contribution >= 4 is 17.5 Å². The summed E-state index contributed by atoms with van der Waals surface area (Å²) < 4.78 is 5.84. The number of likely N-dealkylation sites (tertiary alicyclic amines) is 2. The van der Waals surface area contributed by atoms with Crippen LogP contribution >= 0.6 is 11.6 Å². The zero-order valence-corrected chi connectivity index (χ0v) is 15.6. The van der Waals surface area contributed by atoms with E-state index >= 15 is 0 Å². The van der Waals surface area contributed by atoms with Crippen molar-refractivity contribution in [1.82, 2.24) is 14.8 Å². The van der Waals surface area contributed by atoms with Gasteiger partial charge < -0.3 is 9.64 Å². The van der Waals surface area contributed by atoms with Gasteiger partial charge in [-0.25, -0.2) is 0 Å². The first kappa shape index (κ1) is 18.5. The highest BCUT2D eigenvalue weighted by atomic mass is 35.5. The van der Waals surface area contributed by atoms with E-state index in [-0.39, 0.29) is 0 Å². The molecule has 0 radical (unpaired) electrons. The highest BCUT2D eigenvalue weighted by Crippen LogP contribution is 2.24. The van der Waals surface area contributed by atoms with E-state index in [1.54, 1.807) is 18.5 Å². The summed E-state index contributed by atoms with van der Waals surface area (Å²) in [7, 11) is 0.